The molecule has 2 atom stereocenters. The van der Waals surface area contributed by atoms with Gasteiger partial charge in [0.05, 0.1) is 13.2 Å². The molecule has 3 N–H and O–H groups in total. The molecule has 0 aromatic rings. The van der Waals surface area contributed by atoms with Crippen LogP contribution in [-0.4, -0.2) is 54.3 Å². The van der Waals surface area contributed by atoms with E-state index >= 15 is 0 Å². The third-order valence-corrected chi connectivity index (χ3v) is 11.3. The van der Waals surface area contributed by atoms with Gasteiger partial charge in [0.1, 0.15) is 12.7 Å². The molecule has 10 heteroatoms. The zero-order valence-electron chi connectivity index (χ0n) is 37.5. The molecule has 58 heavy (non-hydrogen) atoms. The highest BCUT2D eigenvalue weighted by molar-refractivity contribution is 7.47. The average Bonchev–Trinajstić information content (AvgIpc) is 3.21. The van der Waals surface area contributed by atoms with Crippen LogP contribution >= 0.6 is 7.82 Å². The van der Waals surface area contributed by atoms with Crippen LogP contribution in [-0.2, 0) is 27.9 Å². The number of hydrogen-bond donors (Lipinski definition) is 3. The molecule has 0 spiro atoms. The Labute approximate surface area is 356 Å². The average molecular weight is 840 g/mol. The fourth-order valence-electron chi connectivity index (χ4n) is 6.75. The standard InChI is InChI=1S/C48H90NO8P/c1-3-5-7-9-11-13-15-17-18-19-20-21-22-23-24-25-26-27-29-30-32-34-36-38-40-47(51)49-42-43-56-58(53,54)57-45-46(50)44-55-48(52)41-39-37-35-33-31-28-16-14-12-10-8-6-4-2/h6,8,12,14,28,31,46,50H,3-5,7,9-11,13,15-27,29-30,32-45H2,1-2H3,(H,49,51)(H,53,54)/b8-6-,14-12-,31-28-. The minimum atomic E-state index is -4.42. The van der Waals surface area contributed by atoms with Crippen LogP contribution in [0, 0.1) is 0 Å². The molecule has 0 saturated carbocycles. The Balaban J connectivity index is 3.53. The SMILES string of the molecule is CC/C=C\C/C=C\C/C=C\CCCCCC(=O)OCC(O)COP(=O)(O)OCCNC(=O)CCCCCCCCCCCCCCCCCCCCCCCCCC. The normalized spacial score (nSPS) is 13.5. The molecule has 0 fully saturated rings. The van der Waals surface area contributed by atoms with Gasteiger partial charge in [-0.3, -0.25) is 18.6 Å². The van der Waals surface area contributed by atoms with Crippen molar-refractivity contribution >= 4 is 19.7 Å². The summed E-state index contributed by atoms with van der Waals surface area (Å²) < 4.78 is 26.9. The minimum Gasteiger partial charge on any atom is -0.463 e. The summed E-state index contributed by atoms with van der Waals surface area (Å²) in [6.07, 6.45) is 51.0. The zero-order valence-corrected chi connectivity index (χ0v) is 38.4. The predicted octanol–water partition coefficient (Wildman–Crippen LogP) is 13.7. The lowest BCUT2D eigenvalue weighted by molar-refractivity contribution is -0.147. The van der Waals surface area contributed by atoms with Gasteiger partial charge in [0.2, 0.25) is 5.91 Å². The number of phosphoric acid groups is 1. The third-order valence-electron chi connectivity index (χ3n) is 10.3. The van der Waals surface area contributed by atoms with Gasteiger partial charge in [0.25, 0.3) is 0 Å². The largest absolute Gasteiger partial charge is 0.472 e. The summed E-state index contributed by atoms with van der Waals surface area (Å²) in [4.78, 5) is 33.9. The van der Waals surface area contributed by atoms with E-state index in [1.165, 1.54) is 135 Å². The molecule has 0 saturated heterocycles. The highest BCUT2D eigenvalue weighted by Crippen LogP contribution is 2.42. The number of aliphatic hydroxyl groups is 1. The van der Waals surface area contributed by atoms with Crippen molar-refractivity contribution in [1.29, 1.82) is 0 Å². The molecule has 9 nitrogen and oxygen atoms in total. The molecule has 1 amide bonds. The lowest BCUT2D eigenvalue weighted by Gasteiger charge is -2.15. The van der Waals surface area contributed by atoms with Crippen LogP contribution in [0.3, 0.4) is 0 Å². The molecule has 0 aromatic heterocycles. The van der Waals surface area contributed by atoms with Gasteiger partial charge in [0, 0.05) is 19.4 Å². The van der Waals surface area contributed by atoms with E-state index in [1.807, 2.05) is 0 Å². The van der Waals surface area contributed by atoms with E-state index in [2.05, 4.69) is 55.6 Å². The van der Waals surface area contributed by atoms with Gasteiger partial charge >= 0.3 is 13.8 Å². The van der Waals surface area contributed by atoms with Crippen molar-refractivity contribution in [1.82, 2.24) is 5.32 Å². The summed E-state index contributed by atoms with van der Waals surface area (Å²) >= 11 is 0. The molecule has 0 rings (SSSR count). The number of allylic oxidation sites excluding steroid dienone is 6. The Morgan fingerprint density at radius 1 is 0.552 bits per heavy atom. The maximum absolute atomic E-state index is 12.1. The van der Waals surface area contributed by atoms with Crippen molar-refractivity contribution in [2.45, 2.75) is 232 Å². The number of ether oxygens (including phenoxy) is 1. The van der Waals surface area contributed by atoms with Crippen molar-refractivity contribution in [3.05, 3.63) is 36.5 Å². The first kappa shape index (κ1) is 56.2. The topological polar surface area (TPSA) is 131 Å². The molecule has 2 unspecified atom stereocenters. The van der Waals surface area contributed by atoms with Gasteiger partial charge in [-0.05, 0) is 44.9 Å². The summed E-state index contributed by atoms with van der Waals surface area (Å²) in [5.74, 6) is -0.540. The number of esters is 1. The second kappa shape index (κ2) is 44.8. The van der Waals surface area contributed by atoms with E-state index in [9.17, 15) is 24.2 Å². The molecular weight excluding hydrogens is 750 g/mol. The van der Waals surface area contributed by atoms with Crippen LogP contribution in [0.15, 0.2) is 36.5 Å². The number of rotatable bonds is 45. The fraction of sp³-hybridized carbons (Fsp3) is 0.833. The number of aliphatic hydroxyl groups excluding tert-OH is 1. The summed E-state index contributed by atoms with van der Waals surface area (Å²) in [7, 11) is -4.42. The lowest BCUT2D eigenvalue weighted by Crippen LogP contribution is -2.27. The smallest absolute Gasteiger partial charge is 0.463 e. The number of carbonyl (C=O) groups is 2. The minimum absolute atomic E-state index is 0.0805. The molecular formula is C48H90NO8P. The van der Waals surface area contributed by atoms with Crippen LogP contribution in [0.4, 0.5) is 0 Å². The lowest BCUT2D eigenvalue weighted by atomic mass is 10.0. The maximum Gasteiger partial charge on any atom is 0.472 e. The molecule has 0 aliphatic carbocycles. The van der Waals surface area contributed by atoms with E-state index < -0.39 is 26.5 Å². The number of amides is 1. The Hall–Kier alpha value is -1.77. The van der Waals surface area contributed by atoms with Gasteiger partial charge in [-0.2, -0.15) is 0 Å². The number of phosphoric ester groups is 1. The van der Waals surface area contributed by atoms with Gasteiger partial charge in [-0.25, -0.2) is 4.57 Å². The first-order chi connectivity index (χ1) is 28.3. The summed E-state index contributed by atoms with van der Waals surface area (Å²) in [6.45, 7) is 3.43. The molecule has 0 bridgehead atoms. The molecule has 340 valence electrons. The number of nitrogens with one attached hydrogen (secondary N) is 1. The van der Waals surface area contributed by atoms with Crippen molar-refractivity contribution in [3.8, 4) is 0 Å². The molecule has 0 aliphatic rings. The first-order valence-corrected chi connectivity index (χ1v) is 25.5. The van der Waals surface area contributed by atoms with E-state index in [0.29, 0.717) is 12.8 Å². The highest BCUT2D eigenvalue weighted by atomic mass is 31.2. The number of unbranched alkanes of at least 4 members (excludes halogenated alkanes) is 26. The van der Waals surface area contributed by atoms with Crippen molar-refractivity contribution in [3.63, 3.8) is 0 Å². The molecule has 0 heterocycles. The van der Waals surface area contributed by atoms with Crippen molar-refractivity contribution in [2.24, 2.45) is 0 Å². The van der Waals surface area contributed by atoms with E-state index in [-0.39, 0.29) is 32.1 Å². The Bertz CT molecular complexity index is 1050. The van der Waals surface area contributed by atoms with E-state index in [1.54, 1.807) is 0 Å². The third kappa shape index (κ3) is 45.3. The summed E-state index contributed by atoms with van der Waals surface area (Å²) in [6, 6.07) is 0. The second-order valence-corrected chi connectivity index (χ2v) is 17.5. The van der Waals surface area contributed by atoms with Gasteiger partial charge in [-0.1, -0.05) is 204 Å². The van der Waals surface area contributed by atoms with Crippen LogP contribution in [0.2, 0.25) is 0 Å². The van der Waals surface area contributed by atoms with Crippen molar-refractivity contribution < 1.29 is 37.9 Å². The maximum atomic E-state index is 12.1. The second-order valence-electron chi connectivity index (χ2n) is 16.1. The quantitative estimate of drug-likeness (QED) is 0.0239. The van der Waals surface area contributed by atoms with Gasteiger partial charge < -0.3 is 20.1 Å². The van der Waals surface area contributed by atoms with Crippen LogP contribution in [0.25, 0.3) is 0 Å². The Kier molecular flexibility index (Phi) is 43.4. The molecule has 0 aliphatic heterocycles. The summed E-state index contributed by atoms with van der Waals surface area (Å²) in [5.41, 5.74) is 0. The monoisotopic (exact) mass is 840 g/mol. The number of carbonyl (C=O) groups excluding carboxylic acids is 2. The summed E-state index contributed by atoms with van der Waals surface area (Å²) in [5, 5.41) is 12.7. The fourth-order valence-corrected chi connectivity index (χ4v) is 7.51. The van der Waals surface area contributed by atoms with E-state index in [4.69, 9.17) is 13.8 Å². The van der Waals surface area contributed by atoms with Gasteiger partial charge in [0.15, 0.2) is 0 Å². The zero-order chi connectivity index (χ0) is 42.5. The molecule has 0 aromatic carbocycles. The Morgan fingerprint density at radius 3 is 1.48 bits per heavy atom. The van der Waals surface area contributed by atoms with Gasteiger partial charge in [-0.15, -0.1) is 0 Å². The Morgan fingerprint density at radius 2 is 0.983 bits per heavy atom. The highest BCUT2D eigenvalue weighted by Gasteiger charge is 2.23. The van der Waals surface area contributed by atoms with Crippen LogP contribution < -0.4 is 5.32 Å². The predicted molar refractivity (Wildman–Crippen MR) is 243 cm³/mol. The molecule has 0 radical (unpaired) electrons. The van der Waals surface area contributed by atoms with E-state index in [0.717, 1.165) is 57.8 Å². The van der Waals surface area contributed by atoms with Crippen LogP contribution in [0.5, 0.6) is 0 Å². The van der Waals surface area contributed by atoms with Crippen molar-refractivity contribution in [2.75, 3.05) is 26.4 Å². The number of hydrogen-bond acceptors (Lipinski definition) is 7. The first-order valence-electron chi connectivity index (χ1n) is 24.0. The van der Waals surface area contributed by atoms with Crippen LogP contribution in [0.1, 0.15) is 226 Å².